The van der Waals surface area contributed by atoms with Crippen LogP contribution in [0.25, 0.3) is 11.3 Å². The van der Waals surface area contributed by atoms with Crippen molar-refractivity contribution >= 4 is 34.3 Å². The number of hydrogen-bond donors (Lipinski definition) is 1. The van der Waals surface area contributed by atoms with Crippen molar-refractivity contribution in [2.24, 2.45) is 5.10 Å². The molecule has 3 aromatic rings. The molecule has 1 heterocycles. The van der Waals surface area contributed by atoms with Gasteiger partial charge in [-0.1, -0.05) is 23.7 Å². The van der Waals surface area contributed by atoms with Gasteiger partial charge in [-0.3, -0.25) is 5.43 Å². The minimum absolute atomic E-state index is 0.245. The standard InChI is InChI=1S/C19H15ClN4S/c1-12-3-4-14(9-13(12)2)18-11-25-19(22-18)17(10-21)24-23-16-7-5-15(20)6-8-16/h3-9,11,23H,1-2H3. The molecule has 1 N–H and O–H groups in total. The number of aryl methyl sites for hydroxylation is 2. The van der Waals surface area contributed by atoms with E-state index in [1.165, 1.54) is 22.5 Å². The maximum Gasteiger partial charge on any atom is 0.196 e. The number of nitriles is 1. The minimum Gasteiger partial charge on any atom is -0.277 e. The predicted molar refractivity (Wildman–Crippen MR) is 104 cm³/mol. The highest BCUT2D eigenvalue weighted by Gasteiger charge is 2.11. The molecule has 0 fully saturated rings. The molecule has 6 heteroatoms. The van der Waals surface area contributed by atoms with Crippen molar-refractivity contribution < 1.29 is 0 Å². The Hall–Kier alpha value is -2.68. The Labute approximate surface area is 155 Å². The first-order chi connectivity index (χ1) is 12.1. The smallest absolute Gasteiger partial charge is 0.196 e. The van der Waals surface area contributed by atoms with Gasteiger partial charge in [0.05, 0.1) is 11.4 Å². The number of hydrazone groups is 1. The molecule has 0 saturated carbocycles. The highest BCUT2D eigenvalue weighted by Crippen LogP contribution is 2.24. The van der Waals surface area contributed by atoms with Gasteiger partial charge in [0.15, 0.2) is 10.7 Å². The fourth-order valence-electron chi connectivity index (χ4n) is 2.18. The van der Waals surface area contributed by atoms with Crippen LogP contribution in [-0.4, -0.2) is 10.7 Å². The largest absolute Gasteiger partial charge is 0.277 e. The van der Waals surface area contributed by atoms with Crippen LogP contribution in [0.3, 0.4) is 0 Å². The zero-order valence-corrected chi connectivity index (χ0v) is 15.3. The fourth-order valence-corrected chi connectivity index (χ4v) is 3.07. The van der Waals surface area contributed by atoms with E-state index in [1.807, 2.05) is 11.4 Å². The molecule has 0 aliphatic rings. The van der Waals surface area contributed by atoms with Crippen molar-refractivity contribution in [1.29, 1.82) is 5.26 Å². The van der Waals surface area contributed by atoms with E-state index in [-0.39, 0.29) is 5.71 Å². The summed E-state index contributed by atoms with van der Waals surface area (Å²) in [5.41, 5.74) is 8.19. The molecular formula is C19H15ClN4S. The van der Waals surface area contributed by atoms with E-state index >= 15 is 0 Å². The van der Waals surface area contributed by atoms with Gasteiger partial charge in [0.2, 0.25) is 0 Å². The topological polar surface area (TPSA) is 61.1 Å². The molecule has 0 saturated heterocycles. The average molecular weight is 367 g/mol. The van der Waals surface area contributed by atoms with E-state index in [0.717, 1.165) is 16.9 Å². The Morgan fingerprint density at radius 1 is 1.16 bits per heavy atom. The lowest BCUT2D eigenvalue weighted by molar-refractivity contribution is 1.30. The number of rotatable bonds is 4. The summed E-state index contributed by atoms with van der Waals surface area (Å²) in [7, 11) is 0. The SMILES string of the molecule is Cc1ccc(-c2csc(C(C#N)=NNc3ccc(Cl)cc3)n2)cc1C. The van der Waals surface area contributed by atoms with E-state index in [1.54, 1.807) is 24.3 Å². The van der Waals surface area contributed by atoms with Gasteiger partial charge in [-0.25, -0.2) is 4.98 Å². The molecule has 3 rings (SSSR count). The molecule has 2 aromatic carbocycles. The van der Waals surface area contributed by atoms with Crippen LogP contribution in [0.15, 0.2) is 52.9 Å². The molecule has 0 radical (unpaired) electrons. The number of thiazole rings is 1. The summed E-state index contributed by atoms with van der Waals surface area (Å²) in [6.07, 6.45) is 0. The molecule has 0 unspecified atom stereocenters. The van der Waals surface area contributed by atoms with Crippen LogP contribution in [0.2, 0.25) is 5.02 Å². The Morgan fingerprint density at radius 2 is 1.92 bits per heavy atom. The van der Waals surface area contributed by atoms with Gasteiger partial charge in [0.1, 0.15) is 6.07 Å². The number of aromatic nitrogens is 1. The van der Waals surface area contributed by atoms with Crippen molar-refractivity contribution in [3.8, 4) is 17.3 Å². The van der Waals surface area contributed by atoms with Gasteiger partial charge < -0.3 is 0 Å². The second-order valence-electron chi connectivity index (χ2n) is 5.53. The number of halogens is 1. The Morgan fingerprint density at radius 3 is 2.60 bits per heavy atom. The van der Waals surface area contributed by atoms with Gasteiger partial charge in [-0.05, 0) is 55.3 Å². The van der Waals surface area contributed by atoms with Crippen LogP contribution >= 0.6 is 22.9 Å². The van der Waals surface area contributed by atoms with Crippen LogP contribution in [0.1, 0.15) is 16.1 Å². The molecule has 0 bridgehead atoms. The fraction of sp³-hybridized carbons (Fsp3) is 0.105. The average Bonchev–Trinajstić information content (AvgIpc) is 3.09. The highest BCUT2D eigenvalue weighted by atomic mass is 35.5. The van der Waals surface area contributed by atoms with Crippen molar-refractivity contribution in [3.05, 3.63) is 69.0 Å². The first kappa shape index (κ1) is 17.2. The van der Waals surface area contributed by atoms with Crippen molar-refractivity contribution in [2.75, 3.05) is 5.43 Å². The summed E-state index contributed by atoms with van der Waals surface area (Å²) in [4.78, 5) is 4.55. The monoisotopic (exact) mass is 366 g/mol. The van der Waals surface area contributed by atoms with Crippen LogP contribution in [0.4, 0.5) is 5.69 Å². The number of hydrogen-bond acceptors (Lipinski definition) is 5. The Bertz CT molecular complexity index is 968. The van der Waals surface area contributed by atoms with Crippen LogP contribution < -0.4 is 5.43 Å². The normalized spacial score (nSPS) is 11.2. The van der Waals surface area contributed by atoms with Crippen LogP contribution in [0, 0.1) is 25.2 Å². The summed E-state index contributed by atoms with van der Waals surface area (Å²) in [5, 5.41) is 16.7. The summed E-state index contributed by atoms with van der Waals surface area (Å²) < 4.78 is 0. The molecule has 1 aromatic heterocycles. The molecule has 0 amide bonds. The molecule has 124 valence electrons. The molecule has 4 nitrogen and oxygen atoms in total. The van der Waals surface area contributed by atoms with Crippen molar-refractivity contribution in [2.45, 2.75) is 13.8 Å². The van der Waals surface area contributed by atoms with Gasteiger partial charge in [0, 0.05) is 16.0 Å². The first-order valence-electron chi connectivity index (χ1n) is 7.59. The Balaban J connectivity index is 1.83. The lowest BCUT2D eigenvalue weighted by Gasteiger charge is -2.02. The van der Waals surface area contributed by atoms with Crippen molar-refractivity contribution in [3.63, 3.8) is 0 Å². The summed E-state index contributed by atoms with van der Waals surface area (Å²) in [6.45, 7) is 4.15. The quantitative estimate of drug-likeness (QED) is 0.495. The summed E-state index contributed by atoms with van der Waals surface area (Å²) >= 11 is 7.25. The van der Waals surface area contributed by atoms with E-state index in [9.17, 15) is 5.26 Å². The van der Waals surface area contributed by atoms with Gasteiger partial charge in [0.25, 0.3) is 0 Å². The second-order valence-corrected chi connectivity index (χ2v) is 6.82. The van der Waals surface area contributed by atoms with Gasteiger partial charge in [-0.15, -0.1) is 11.3 Å². The Kier molecular flexibility index (Phi) is 5.13. The zero-order chi connectivity index (χ0) is 17.8. The highest BCUT2D eigenvalue weighted by molar-refractivity contribution is 7.12. The third kappa shape index (κ3) is 4.05. The maximum atomic E-state index is 9.39. The molecule has 0 atom stereocenters. The van der Waals surface area contributed by atoms with E-state index in [4.69, 9.17) is 11.6 Å². The van der Waals surface area contributed by atoms with E-state index in [0.29, 0.717) is 10.0 Å². The second kappa shape index (κ2) is 7.47. The van der Waals surface area contributed by atoms with E-state index < -0.39 is 0 Å². The molecule has 0 spiro atoms. The predicted octanol–water partition coefficient (Wildman–Crippen LogP) is 5.42. The molecule has 25 heavy (non-hydrogen) atoms. The number of nitrogens with zero attached hydrogens (tertiary/aromatic N) is 3. The summed E-state index contributed by atoms with van der Waals surface area (Å²) in [5.74, 6) is 0. The number of nitrogens with one attached hydrogen (secondary N) is 1. The van der Waals surface area contributed by atoms with Crippen molar-refractivity contribution in [1.82, 2.24) is 4.98 Å². The van der Waals surface area contributed by atoms with Crippen LogP contribution in [-0.2, 0) is 0 Å². The molecule has 0 aliphatic carbocycles. The van der Waals surface area contributed by atoms with Crippen LogP contribution in [0.5, 0.6) is 0 Å². The first-order valence-corrected chi connectivity index (χ1v) is 8.85. The number of anilines is 1. The number of benzene rings is 2. The minimum atomic E-state index is 0.245. The molecule has 0 aliphatic heterocycles. The maximum absolute atomic E-state index is 9.39. The lowest BCUT2D eigenvalue weighted by atomic mass is 10.1. The zero-order valence-electron chi connectivity index (χ0n) is 13.7. The van der Waals surface area contributed by atoms with E-state index in [2.05, 4.69) is 47.6 Å². The summed E-state index contributed by atoms with van der Waals surface area (Å²) in [6, 6.07) is 15.4. The third-order valence-corrected chi connectivity index (χ3v) is 4.86. The lowest BCUT2D eigenvalue weighted by Crippen LogP contribution is -2.01. The molecular weight excluding hydrogens is 352 g/mol. The third-order valence-electron chi connectivity index (χ3n) is 3.76. The van der Waals surface area contributed by atoms with Gasteiger partial charge in [-0.2, -0.15) is 10.4 Å². The van der Waals surface area contributed by atoms with Gasteiger partial charge >= 0.3 is 0 Å².